The maximum absolute atomic E-state index is 12.4. The van der Waals surface area contributed by atoms with Gasteiger partial charge in [0.05, 0.1) is 0 Å². The molecular weight excluding hydrogens is 316 g/mol. The van der Waals surface area contributed by atoms with Gasteiger partial charge in [0.25, 0.3) is 0 Å². The SMILES string of the molecule is O=c1cc(-c2cccc(-c3ccccc3)c2)oc2cc(O)cc(O)c12. The van der Waals surface area contributed by atoms with Crippen LogP contribution in [0.2, 0.25) is 0 Å². The van der Waals surface area contributed by atoms with Gasteiger partial charge in [-0.2, -0.15) is 0 Å². The van der Waals surface area contributed by atoms with Crippen LogP contribution in [0.1, 0.15) is 0 Å². The van der Waals surface area contributed by atoms with Crippen molar-refractivity contribution in [3.05, 3.63) is 83.0 Å². The maximum Gasteiger partial charge on any atom is 0.197 e. The second kappa shape index (κ2) is 5.83. The first-order valence-electron chi connectivity index (χ1n) is 7.77. The van der Waals surface area contributed by atoms with E-state index in [2.05, 4.69) is 0 Å². The van der Waals surface area contributed by atoms with Gasteiger partial charge in [-0.25, -0.2) is 0 Å². The average Bonchev–Trinajstić information content (AvgIpc) is 2.61. The van der Waals surface area contributed by atoms with E-state index in [1.165, 1.54) is 12.1 Å². The summed E-state index contributed by atoms with van der Waals surface area (Å²) in [5, 5.41) is 19.6. The van der Waals surface area contributed by atoms with Crippen molar-refractivity contribution in [3.63, 3.8) is 0 Å². The minimum absolute atomic E-state index is 0.0563. The van der Waals surface area contributed by atoms with E-state index in [0.29, 0.717) is 5.76 Å². The lowest BCUT2D eigenvalue weighted by Gasteiger charge is -2.07. The lowest BCUT2D eigenvalue weighted by atomic mass is 10.0. The Balaban J connectivity index is 1.89. The number of phenolic OH excluding ortho intramolecular Hbond substituents is 2. The molecule has 0 unspecified atom stereocenters. The molecule has 0 radical (unpaired) electrons. The topological polar surface area (TPSA) is 70.7 Å². The van der Waals surface area contributed by atoms with E-state index in [-0.39, 0.29) is 27.9 Å². The number of fused-ring (bicyclic) bond motifs is 1. The van der Waals surface area contributed by atoms with E-state index >= 15 is 0 Å². The van der Waals surface area contributed by atoms with Crippen LogP contribution in [-0.2, 0) is 0 Å². The second-order valence-electron chi connectivity index (χ2n) is 5.76. The van der Waals surface area contributed by atoms with Crippen LogP contribution in [-0.4, -0.2) is 10.2 Å². The molecule has 1 heterocycles. The molecule has 0 aliphatic rings. The first kappa shape index (κ1) is 15.0. The molecule has 3 aromatic carbocycles. The van der Waals surface area contributed by atoms with Gasteiger partial charge in [0.15, 0.2) is 5.43 Å². The van der Waals surface area contributed by atoms with Gasteiger partial charge in [-0.1, -0.05) is 48.5 Å². The molecule has 2 N–H and O–H groups in total. The number of hydrogen-bond donors (Lipinski definition) is 2. The molecule has 4 nitrogen and oxygen atoms in total. The third-order valence-corrected chi connectivity index (χ3v) is 4.05. The highest BCUT2D eigenvalue weighted by molar-refractivity contribution is 5.86. The molecule has 0 atom stereocenters. The minimum atomic E-state index is -0.362. The van der Waals surface area contributed by atoms with E-state index in [0.717, 1.165) is 22.8 Å². The summed E-state index contributed by atoms with van der Waals surface area (Å²) in [5.74, 6) is -0.0862. The first-order valence-corrected chi connectivity index (χ1v) is 7.77. The Morgan fingerprint density at radius 1 is 0.720 bits per heavy atom. The number of rotatable bonds is 2. The molecule has 0 aliphatic carbocycles. The van der Waals surface area contributed by atoms with Crippen LogP contribution in [0.4, 0.5) is 0 Å². The molecule has 0 bridgehead atoms. The predicted octanol–water partition coefficient (Wildman–Crippen LogP) is 4.54. The Kier molecular flexibility index (Phi) is 3.51. The Labute approximate surface area is 143 Å². The summed E-state index contributed by atoms with van der Waals surface area (Å²) in [6.07, 6.45) is 0. The second-order valence-corrected chi connectivity index (χ2v) is 5.76. The molecule has 0 fully saturated rings. The number of aromatic hydroxyl groups is 2. The Bertz CT molecular complexity index is 1130. The van der Waals surface area contributed by atoms with Gasteiger partial charge in [0.2, 0.25) is 0 Å². The third kappa shape index (κ3) is 2.74. The number of benzene rings is 3. The van der Waals surface area contributed by atoms with Crippen LogP contribution in [0.25, 0.3) is 33.4 Å². The van der Waals surface area contributed by atoms with Crippen LogP contribution < -0.4 is 5.43 Å². The first-order chi connectivity index (χ1) is 12.1. The summed E-state index contributed by atoms with van der Waals surface area (Å²) in [5.41, 5.74) is 2.58. The van der Waals surface area contributed by atoms with Gasteiger partial charge in [0.1, 0.15) is 28.2 Å². The Hall–Kier alpha value is -3.53. The molecule has 0 spiro atoms. The van der Waals surface area contributed by atoms with E-state index in [9.17, 15) is 15.0 Å². The van der Waals surface area contributed by atoms with Crippen molar-refractivity contribution in [1.82, 2.24) is 0 Å². The zero-order valence-electron chi connectivity index (χ0n) is 13.1. The highest BCUT2D eigenvalue weighted by Gasteiger charge is 2.12. The van der Waals surface area contributed by atoms with E-state index in [4.69, 9.17) is 4.42 Å². The van der Waals surface area contributed by atoms with Crippen LogP contribution in [0.15, 0.2) is 82.0 Å². The van der Waals surface area contributed by atoms with E-state index in [1.807, 2.05) is 54.6 Å². The molecule has 122 valence electrons. The molecule has 0 saturated heterocycles. The zero-order valence-corrected chi connectivity index (χ0v) is 13.1. The summed E-state index contributed by atoms with van der Waals surface area (Å²) < 4.78 is 5.76. The molecule has 0 saturated carbocycles. The normalized spacial score (nSPS) is 10.9. The van der Waals surface area contributed by atoms with Gasteiger partial charge >= 0.3 is 0 Å². The Morgan fingerprint density at radius 2 is 1.44 bits per heavy atom. The number of hydrogen-bond acceptors (Lipinski definition) is 4. The van der Waals surface area contributed by atoms with E-state index in [1.54, 1.807) is 0 Å². The summed E-state index contributed by atoms with van der Waals surface area (Å²) in [7, 11) is 0. The summed E-state index contributed by atoms with van der Waals surface area (Å²) in [4.78, 5) is 12.4. The molecule has 25 heavy (non-hydrogen) atoms. The largest absolute Gasteiger partial charge is 0.508 e. The molecular formula is C21H14O4. The van der Waals surface area contributed by atoms with Crippen molar-refractivity contribution < 1.29 is 14.6 Å². The molecule has 4 heteroatoms. The minimum Gasteiger partial charge on any atom is -0.508 e. The summed E-state index contributed by atoms with van der Waals surface area (Å²) >= 11 is 0. The smallest absolute Gasteiger partial charge is 0.197 e. The van der Waals surface area contributed by atoms with Crippen LogP contribution in [0.3, 0.4) is 0 Å². The van der Waals surface area contributed by atoms with Crippen LogP contribution in [0.5, 0.6) is 11.5 Å². The van der Waals surface area contributed by atoms with Crippen LogP contribution >= 0.6 is 0 Å². The fourth-order valence-corrected chi connectivity index (χ4v) is 2.88. The molecule has 4 aromatic rings. The van der Waals surface area contributed by atoms with Gasteiger partial charge < -0.3 is 14.6 Å². The zero-order chi connectivity index (χ0) is 17.4. The quantitative estimate of drug-likeness (QED) is 0.566. The van der Waals surface area contributed by atoms with Gasteiger partial charge in [-0.15, -0.1) is 0 Å². The summed E-state index contributed by atoms with van der Waals surface area (Å²) in [6.45, 7) is 0. The lowest BCUT2D eigenvalue weighted by Crippen LogP contribution is -2.00. The average molecular weight is 330 g/mol. The highest BCUT2D eigenvalue weighted by Crippen LogP contribution is 2.31. The van der Waals surface area contributed by atoms with Crippen molar-refractivity contribution in [2.75, 3.05) is 0 Å². The standard InChI is InChI=1S/C21H14O4/c22-16-10-17(23)21-18(24)12-19(25-20(21)11-16)15-8-4-7-14(9-15)13-5-2-1-3-6-13/h1-12,22-23H. The predicted molar refractivity (Wildman–Crippen MR) is 96.7 cm³/mol. The molecule has 1 aromatic heterocycles. The third-order valence-electron chi connectivity index (χ3n) is 4.05. The fourth-order valence-electron chi connectivity index (χ4n) is 2.88. The molecule has 4 rings (SSSR count). The lowest BCUT2D eigenvalue weighted by molar-refractivity contribution is 0.452. The van der Waals surface area contributed by atoms with Crippen molar-refractivity contribution in [2.24, 2.45) is 0 Å². The van der Waals surface area contributed by atoms with E-state index < -0.39 is 0 Å². The molecule has 0 amide bonds. The van der Waals surface area contributed by atoms with Gasteiger partial charge in [0, 0.05) is 23.8 Å². The monoisotopic (exact) mass is 330 g/mol. The van der Waals surface area contributed by atoms with Crippen molar-refractivity contribution in [3.8, 4) is 33.9 Å². The Morgan fingerprint density at radius 3 is 2.24 bits per heavy atom. The van der Waals surface area contributed by atoms with Gasteiger partial charge in [-0.05, 0) is 17.2 Å². The van der Waals surface area contributed by atoms with Gasteiger partial charge in [-0.3, -0.25) is 4.79 Å². The number of phenols is 2. The molecule has 0 aliphatic heterocycles. The van der Waals surface area contributed by atoms with Crippen molar-refractivity contribution in [1.29, 1.82) is 0 Å². The fraction of sp³-hybridized carbons (Fsp3) is 0. The van der Waals surface area contributed by atoms with Crippen LogP contribution in [0, 0.1) is 0 Å². The van der Waals surface area contributed by atoms with Crippen molar-refractivity contribution in [2.45, 2.75) is 0 Å². The van der Waals surface area contributed by atoms with Crippen molar-refractivity contribution >= 4 is 11.0 Å². The maximum atomic E-state index is 12.4. The summed E-state index contributed by atoms with van der Waals surface area (Å²) in [6, 6.07) is 21.3. The highest BCUT2D eigenvalue weighted by atomic mass is 16.3.